The van der Waals surface area contributed by atoms with E-state index in [4.69, 9.17) is 10.4 Å². The average molecular weight is 288 g/mol. The maximum atomic E-state index is 13.3. The highest BCUT2D eigenvalue weighted by Crippen LogP contribution is 2.28. The van der Waals surface area contributed by atoms with E-state index in [2.05, 4.69) is 4.98 Å². The van der Waals surface area contributed by atoms with E-state index in [9.17, 15) is 9.18 Å². The summed E-state index contributed by atoms with van der Waals surface area (Å²) in [6, 6.07) is 9.10. The first-order valence-corrected chi connectivity index (χ1v) is 6.41. The van der Waals surface area contributed by atoms with Gasteiger partial charge < -0.3 is 5.11 Å². The Morgan fingerprint density at radius 1 is 1.40 bits per heavy atom. The first kappa shape index (κ1) is 14.0. The monoisotopic (exact) mass is 288 g/mol. The Labute approximate surface area is 118 Å². The van der Waals surface area contributed by atoms with Crippen LogP contribution in [0.1, 0.15) is 21.6 Å². The fraction of sp³-hybridized carbons (Fsp3) is 0.0714. The molecule has 0 aliphatic rings. The lowest BCUT2D eigenvalue weighted by molar-refractivity contribution is 0.0691. The van der Waals surface area contributed by atoms with Crippen LogP contribution in [0.5, 0.6) is 0 Å². The molecule has 1 heterocycles. The van der Waals surface area contributed by atoms with Crippen LogP contribution in [0.4, 0.5) is 4.39 Å². The van der Waals surface area contributed by atoms with E-state index < -0.39 is 11.8 Å². The predicted octanol–water partition coefficient (Wildman–Crippen LogP) is 3.25. The maximum Gasteiger partial charge on any atom is 0.338 e. The van der Waals surface area contributed by atoms with Crippen molar-refractivity contribution >= 4 is 17.7 Å². The SMILES string of the molecule is Cc1cc(C#N)cc(Sc2ccc(F)c(C(=O)O)c2)n1. The van der Waals surface area contributed by atoms with Gasteiger partial charge in [0.25, 0.3) is 0 Å². The van der Waals surface area contributed by atoms with Gasteiger partial charge in [0.1, 0.15) is 10.8 Å². The van der Waals surface area contributed by atoms with Gasteiger partial charge in [0, 0.05) is 10.6 Å². The van der Waals surface area contributed by atoms with Crippen molar-refractivity contribution in [2.24, 2.45) is 0 Å². The number of carboxylic acid groups (broad SMARTS) is 1. The zero-order valence-electron chi connectivity index (χ0n) is 10.4. The number of aromatic carboxylic acids is 1. The second kappa shape index (κ2) is 5.72. The molecule has 0 aliphatic carbocycles. The second-order valence-electron chi connectivity index (χ2n) is 4.00. The summed E-state index contributed by atoms with van der Waals surface area (Å²) in [4.78, 5) is 15.7. The summed E-state index contributed by atoms with van der Waals surface area (Å²) in [5.41, 5.74) is 0.774. The Hall–Kier alpha value is -2.39. The minimum absolute atomic E-state index is 0.386. The number of nitriles is 1. The first-order chi connectivity index (χ1) is 9.49. The van der Waals surface area contributed by atoms with Gasteiger partial charge >= 0.3 is 5.97 Å². The van der Waals surface area contributed by atoms with Gasteiger partial charge in [-0.25, -0.2) is 14.2 Å². The first-order valence-electron chi connectivity index (χ1n) is 5.59. The van der Waals surface area contributed by atoms with Gasteiger partial charge in [-0.05, 0) is 37.3 Å². The third-order valence-electron chi connectivity index (χ3n) is 2.45. The highest BCUT2D eigenvalue weighted by molar-refractivity contribution is 7.99. The number of rotatable bonds is 3. The molecule has 2 rings (SSSR count). The van der Waals surface area contributed by atoms with Crippen LogP contribution < -0.4 is 0 Å². The van der Waals surface area contributed by atoms with Crippen LogP contribution in [0.2, 0.25) is 0 Å². The molecule has 0 aliphatic heterocycles. The highest BCUT2D eigenvalue weighted by Gasteiger charge is 2.12. The van der Waals surface area contributed by atoms with Gasteiger partial charge in [-0.3, -0.25) is 0 Å². The molecule has 1 aromatic heterocycles. The normalized spacial score (nSPS) is 10.1. The third-order valence-corrected chi connectivity index (χ3v) is 3.36. The molecule has 20 heavy (non-hydrogen) atoms. The number of pyridine rings is 1. The summed E-state index contributed by atoms with van der Waals surface area (Å²) in [6.07, 6.45) is 0. The van der Waals surface area contributed by atoms with Crippen molar-refractivity contribution < 1.29 is 14.3 Å². The van der Waals surface area contributed by atoms with Crippen LogP contribution in [0.3, 0.4) is 0 Å². The number of carboxylic acids is 1. The second-order valence-corrected chi connectivity index (χ2v) is 5.09. The number of halogens is 1. The quantitative estimate of drug-likeness (QED) is 0.938. The van der Waals surface area contributed by atoms with Gasteiger partial charge in [0.05, 0.1) is 17.2 Å². The molecule has 0 spiro atoms. The van der Waals surface area contributed by atoms with Crippen LogP contribution in [-0.4, -0.2) is 16.1 Å². The molecule has 0 bridgehead atoms. The average Bonchev–Trinajstić information content (AvgIpc) is 2.40. The van der Waals surface area contributed by atoms with E-state index in [-0.39, 0.29) is 5.56 Å². The van der Waals surface area contributed by atoms with Gasteiger partial charge in [0.2, 0.25) is 0 Å². The van der Waals surface area contributed by atoms with E-state index in [1.165, 1.54) is 23.9 Å². The molecule has 0 unspecified atom stereocenters. The minimum atomic E-state index is -1.32. The zero-order valence-corrected chi connectivity index (χ0v) is 11.2. The fourth-order valence-electron chi connectivity index (χ4n) is 1.61. The molecule has 1 N–H and O–H groups in total. The summed E-state index contributed by atoms with van der Waals surface area (Å²) >= 11 is 1.18. The number of benzene rings is 1. The van der Waals surface area contributed by atoms with Gasteiger partial charge in [0.15, 0.2) is 0 Å². The molecule has 100 valence electrons. The van der Waals surface area contributed by atoms with Crippen LogP contribution in [0.25, 0.3) is 0 Å². The van der Waals surface area contributed by atoms with Gasteiger partial charge in [-0.1, -0.05) is 11.8 Å². The lowest BCUT2D eigenvalue weighted by Gasteiger charge is -2.05. The Bertz CT molecular complexity index is 726. The van der Waals surface area contributed by atoms with Gasteiger partial charge in [-0.15, -0.1) is 0 Å². The number of nitrogens with zero attached hydrogens (tertiary/aromatic N) is 2. The van der Waals surface area contributed by atoms with Crippen molar-refractivity contribution in [1.29, 1.82) is 5.26 Å². The van der Waals surface area contributed by atoms with E-state index in [1.54, 1.807) is 19.1 Å². The number of aromatic nitrogens is 1. The summed E-state index contributed by atoms with van der Waals surface area (Å²) in [5, 5.41) is 18.3. The number of aryl methyl sites for hydroxylation is 1. The van der Waals surface area contributed by atoms with Crippen LogP contribution >= 0.6 is 11.8 Å². The van der Waals surface area contributed by atoms with Crippen molar-refractivity contribution in [2.45, 2.75) is 16.8 Å². The number of carbonyl (C=O) groups is 1. The van der Waals surface area contributed by atoms with Crippen molar-refractivity contribution in [3.63, 3.8) is 0 Å². The topological polar surface area (TPSA) is 74.0 Å². The van der Waals surface area contributed by atoms with E-state index >= 15 is 0 Å². The Kier molecular flexibility index (Phi) is 4.01. The number of hydrogen-bond acceptors (Lipinski definition) is 4. The summed E-state index contributed by atoms with van der Waals surface area (Å²) in [6.45, 7) is 1.76. The summed E-state index contributed by atoms with van der Waals surface area (Å²) in [5.74, 6) is -2.10. The van der Waals surface area contributed by atoms with E-state index in [0.29, 0.717) is 21.2 Å². The Morgan fingerprint density at radius 2 is 2.15 bits per heavy atom. The van der Waals surface area contributed by atoms with Crippen molar-refractivity contribution in [3.05, 3.63) is 53.0 Å². The minimum Gasteiger partial charge on any atom is -0.478 e. The predicted molar refractivity (Wildman–Crippen MR) is 71.2 cm³/mol. The molecule has 0 radical (unpaired) electrons. The van der Waals surface area contributed by atoms with Crippen molar-refractivity contribution in [3.8, 4) is 6.07 Å². The lowest BCUT2D eigenvalue weighted by atomic mass is 10.2. The third kappa shape index (κ3) is 3.13. The van der Waals surface area contributed by atoms with Crippen LogP contribution in [0.15, 0.2) is 40.3 Å². The van der Waals surface area contributed by atoms with Crippen LogP contribution in [0, 0.1) is 24.1 Å². The molecule has 0 saturated carbocycles. The smallest absolute Gasteiger partial charge is 0.338 e. The summed E-state index contributed by atoms with van der Waals surface area (Å²) in [7, 11) is 0. The van der Waals surface area contributed by atoms with E-state index in [1.807, 2.05) is 6.07 Å². The molecule has 2 aromatic rings. The maximum absolute atomic E-state index is 13.3. The molecule has 0 amide bonds. The fourth-order valence-corrected chi connectivity index (χ4v) is 2.54. The molecule has 0 saturated heterocycles. The Balaban J connectivity index is 2.35. The molecular weight excluding hydrogens is 279 g/mol. The number of hydrogen-bond donors (Lipinski definition) is 1. The molecule has 0 atom stereocenters. The summed E-state index contributed by atoms with van der Waals surface area (Å²) < 4.78 is 13.3. The standard InChI is InChI=1S/C14H9FN2O2S/c1-8-4-9(7-16)5-13(17-8)20-10-2-3-12(15)11(6-10)14(18)19/h2-6H,1H3,(H,18,19). The molecule has 1 aromatic carbocycles. The zero-order chi connectivity index (χ0) is 14.7. The van der Waals surface area contributed by atoms with Crippen molar-refractivity contribution in [2.75, 3.05) is 0 Å². The molecule has 6 heteroatoms. The highest BCUT2D eigenvalue weighted by atomic mass is 32.2. The van der Waals surface area contributed by atoms with Crippen molar-refractivity contribution in [1.82, 2.24) is 4.98 Å². The lowest BCUT2D eigenvalue weighted by Crippen LogP contribution is -2.00. The molecule has 4 nitrogen and oxygen atoms in total. The van der Waals surface area contributed by atoms with Gasteiger partial charge in [-0.2, -0.15) is 5.26 Å². The van der Waals surface area contributed by atoms with E-state index in [0.717, 1.165) is 6.07 Å². The Morgan fingerprint density at radius 3 is 2.80 bits per heavy atom. The largest absolute Gasteiger partial charge is 0.478 e. The molecule has 0 fully saturated rings. The molecular formula is C14H9FN2O2S. The van der Waals surface area contributed by atoms with Crippen LogP contribution in [-0.2, 0) is 0 Å².